The Hall–Kier alpha value is -2.18. The minimum atomic E-state index is 0.681. The lowest BCUT2D eigenvalue weighted by Gasteiger charge is -2.26. The molecule has 1 aromatic carbocycles. The molecule has 1 aromatic heterocycles. The van der Waals surface area contributed by atoms with Gasteiger partial charge in [0.2, 0.25) is 5.95 Å². The number of nitrogens with zero attached hydrogens (tertiary/aromatic N) is 4. The molecule has 1 N–H and O–H groups in total. The molecule has 1 aliphatic heterocycles. The van der Waals surface area contributed by atoms with Gasteiger partial charge in [0, 0.05) is 46.0 Å². The highest BCUT2D eigenvalue weighted by atomic mass is 16.5. The van der Waals surface area contributed by atoms with Crippen molar-refractivity contribution in [3.05, 3.63) is 48.2 Å². The first-order valence-corrected chi connectivity index (χ1v) is 8.43. The van der Waals surface area contributed by atoms with Crippen LogP contribution in [0.2, 0.25) is 0 Å². The van der Waals surface area contributed by atoms with Gasteiger partial charge < -0.3 is 15.0 Å². The van der Waals surface area contributed by atoms with Gasteiger partial charge in [-0.1, -0.05) is 30.3 Å². The summed E-state index contributed by atoms with van der Waals surface area (Å²) < 4.78 is 5.36. The molecular weight excluding hydrogens is 302 g/mol. The van der Waals surface area contributed by atoms with E-state index in [4.69, 9.17) is 4.74 Å². The number of aromatic nitrogens is 2. The SMILES string of the molecule is CN(Cc1ccccc1)c1ccnc(NCCN2CCOCC2)n1. The third kappa shape index (κ3) is 4.91. The first-order chi connectivity index (χ1) is 11.8. The molecule has 0 atom stereocenters. The highest BCUT2D eigenvalue weighted by Gasteiger charge is 2.10. The van der Waals surface area contributed by atoms with E-state index in [9.17, 15) is 0 Å². The molecule has 0 amide bonds. The Kier molecular flexibility index (Phi) is 5.98. The summed E-state index contributed by atoms with van der Waals surface area (Å²) in [5.41, 5.74) is 1.26. The monoisotopic (exact) mass is 327 g/mol. The number of benzene rings is 1. The number of rotatable bonds is 7. The van der Waals surface area contributed by atoms with Gasteiger partial charge in [0.15, 0.2) is 0 Å². The second-order valence-electron chi connectivity index (χ2n) is 5.96. The van der Waals surface area contributed by atoms with Gasteiger partial charge in [0.1, 0.15) is 5.82 Å². The van der Waals surface area contributed by atoms with Gasteiger partial charge in [0.25, 0.3) is 0 Å². The lowest BCUT2D eigenvalue weighted by molar-refractivity contribution is 0.0398. The van der Waals surface area contributed by atoms with Crippen molar-refractivity contribution in [3.8, 4) is 0 Å². The summed E-state index contributed by atoms with van der Waals surface area (Å²) in [5.74, 6) is 1.60. The summed E-state index contributed by atoms with van der Waals surface area (Å²) in [6, 6.07) is 12.3. The maximum Gasteiger partial charge on any atom is 0.224 e. The van der Waals surface area contributed by atoms with Crippen molar-refractivity contribution in [2.24, 2.45) is 0 Å². The van der Waals surface area contributed by atoms with Crippen LogP contribution >= 0.6 is 0 Å². The third-order valence-corrected chi connectivity index (χ3v) is 4.11. The van der Waals surface area contributed by atoms with Crippen LogP contribution in [0.15, 0.2) is 42.6 Å². The van der Waals surface area contributed by atoms with E-state index in [2.05, 4.69) is 49.4 Å². The van der Waals surface area contributed by atoms with E-state index in [1.54, 1.807) is 6.20 Å². The number of hydrogen-bond donors (Lipinski definition) is 1. The molecule has 0 bridgehead atoms. The van der Waals surface area contributed by atoms with Crippen molar-refractivity contribution in [3.63, 3.8) is 0 Å². The predicted octanol–water partition coefficient (Wildman–Crippen LogP) is 1.86. The van der Waals surface area contributed by atoms with Gasteiger partial charge in [-0.3, -0.25) is 4.90 Å². The van der Waals surface area contributed by atoms with Crippen molar-refractivity contribution in [2.75, 3.05) is 56.7 Å². The molecule has 0 radical (unpaired) electrons. The smallest absolute Gasteiger partial charge is 0.224 e. The summed E-state index contributed by atoms with van der Waals surface area (Å²) in [7, 11) is 2.05. The maximum atomic E-state index is 5.36. The zero-order chi connectivity index (χ0) is 16.6. The fourth-order valence-electron chi connectivity index (χ4n) is 2.74. The van der Waals surface area contributed by atoms with Gasteiger partial charge in [-0.05, 0) is 11.6 Å². The standard InChI is InChI=1S/C18H25N5O/c1-22(15-16-5-3-2-4-6-16)17-7-8-19-18(21-17)20-9-10-23-11-13-24-14-12-23/h2-8H,9-15H2,1H3,(H,19,20,21). The largest absolute Gasteiger partial charge is 0.379 e. The van der Waals surface area contributed by atoms with Gasteiger partial charge in [-0.2, -0.15) is 4.98 Å². The Morgan fingerprint density at radius 1 is 1.17 bits per heavy atom. The third-order valence-electron chi connectivity index (χ3n) is 4.11. The molecule has 24 heavy (non-hydrogen) atoms. The van der Waals surface area contributed by atoms with Crippen molar-refractivity contribution >= 4 is 11.8 Å². The molecule has 2 aromatic rings. The summed E-state index contributed by atoms with van der Waals surface area (Å²) in [6.07, 6.45) is 1.81. The Morgan fingerprint density at radius 3 is 2.75 bits per heavy atom. The normalized spacial score (nSPS) is 15.2. The molecule has 1 saturated heterocycles. The second kappa shape index (κ2) is 8.61. The fourth-order valence-corrected chi connectivity index (χ4v) is 2.74. The molecule has 6 heteroatoms. The molecule has 6 nitrogen and oxygen atoms in total. The molecular formula is C18H25N5O. The number of ether oxygens (including phenoxy) is 1. The average molecular weight is 327 g/mol. The Bertz CT molecular complexity index is 616. The second-order valence-corrected chi connectivity index (χ2v) is 5.96. The minimum absolute atomic E-state index is 0.681. The predicted molar refractivity (Wildman–Crippen MR) is 96.3 cm³/mol. The Balaban J connectivity index is 1.51. The molecule has 128 valence electrons. The molecule has 2 heterocycles. The molecule has 0 saturated carbocycles. The maximum absolute atomic E-state index is 5.36. The summed E-state index contributed by atoms with van der Waals surface area (Å²) in [6.45, 7) is 6.31. The lowest BCUT2D eigenvalue weighted by atomic mass is 10.2. The van der Waals surface area contributed by atoms with E-state index >= 15 is 0 Å². The average Bonchev–Trinajstić information content (AvgIpc) is 2.64. The number of nitrogens with one attached hydrogen (secondary N) is 1. The van der Waals surface area contributed by atoms with Gasteiger partial charge in [-0.15, -0.1) is 0 Å². The summed E-state index contributed by atoms with van der Waals surface area (Å²) in [4.78, 5) is 13.5. The van der Waals surface area contributed by atoms with Gasteiger partial charge in [-0.25, -0.2) is 4.98 Å². The van der Waals surface area contributed by atoms with Gasteiger partial charge in [0.05, 0.1) is 13.2 Å². The van der Waals surface area contributed by atoms with Crippen molar-refractivity contribution in [2.45, 2.75) is 6.54 Å². The number of morpholine rings is 1. The quantitative estimate of drug-likeness (QED) is 0.838. The van der Waals surface area contributed by atoms with Crippen molar-refractivity contribution in [1.29, 1.82) is 0 Å². The molecule has 0 unspecified atom stereocenters. The first-order valence-electron chi connectivity index (χ1n) is 8.43. The topological polar surface area (TPSA) is 53.5 Å². The van der Waals surface area contributed by atoms with E-state index in [1.165, 1.54) is 5.56 Å². The van der Waals surface area contributed by atoms with Crippen LogP contribution in [-0.2, 0) is 11.3 Å². The van der Waals surface area contributed by atoms with Crippen molar-refractivity contribution in [1.82, 2.24) is 14.9 Å². The lowest BCUT2D eigenvalue weighted by Crippen LogP contribution is -2.39. The van der Waals surface area contributed by atoms with E-state index in [0.29, 0.717) is 5.95 Å². The van der Waals surface area contributed by atoms with E-state index in [0.717, 1.165) is 51.8 Å². The van der Waals surface area contributed by atoms with Crippen LogP contribution in [0.4, 0.5) is 11.8 Å². The zero-order valence-electron chi connectivity index (χ0n) is 14.2. The van der Waals surface area contributed by atoms with Crippen LogP contribution in [0, 0.1) is 0 Å². The number of anilines is 2. The highest BCUT2D eigenvalue weighted by molar-refractivity contribution is 5.42. The molecule has 1 aliphatic rings. The first kappa shape index (κ1) is 16.7. The van der Waals surface area contributed by atoms with E-state index in [1.807, 2.05) is 19.2 Å². The molecule has 3 rings (SSSR count). The van der Waals surface area contributed by atoms with Crippen molar-refractivity contribution < 1.29 is 4.74 Å². The van der Waals surface area contributed by atoms with Crippen LogP contribution < -0.4 is 10.2 Å². The van der Waals surface area contributed by atoms with Crippen LogP contribution in [0.1, 0.15) is 5.56 Å². The van der Waals surface area contributed by atoms with Crippen LogP contribution in [0.5, 0.6) is 0 Å². The molecule has 1 fully saturated rings. The van der Waals surface area contributed by atoms with E-state index in [-0.39, 0.29) is 0 Å². The van der Waals surface area contributed by atoms with Gasteiger partial charge >= 0.3 is 0 Å². The van der Waals surface area contributed by atoms with E-state index < -0.39 is 0 Å². The summed E-state index contributed by atoms with van der Waals surface area (Å²) in [5, 5.41) is 3.32. The number of hydrogen-bond acceptors (Lipinski definition) is 6. The fraction of sp³-hybridized carbons (Fsp3) is 0.444. The Morgan fingerprint density at radius 2 is 1.96 bits per heavy atom. The summed E-state index contributed by atoms with van der Waals surface area (Å²) >= 11 is 0. The zero-order valence-corrected chi connectivity index (χ0v) is 14.2. The Labute approximate surface area is 143 Å². The van der Waals surface area contributed by atoms with Crippen LogP contribution in [0.25, 0.3) is 0 Å². The van der Waals surface area contributed by atoms with Crippen LogP contribution in [-0.4, -0.2) is 61.3 Å². The highest BCUT2D eigenvalue weighted by Crippen LogP contribution is 2.13. The molecule has 0 aliphatic carbocycles. The molecule has 0 spiro atoms. The van der Waals surface area contributed by atoms with Crippen LogP contribution in [0.3, 0.4) is 0 Å². The minimum Gasteiger partial charge on any atom is -0.379 e.